The molecule has 0 aromatic carbocycles. The summed E-state index contributed by atoms with van der Waals surface area (Å²) in [7, 11) is 2.00. The fourth-order valence-electron chi connectivity index (χ4n) is 3.85. The minimum absolute atomic E-state index is 0.0798. The van der Waals surface area contributed by atoms with Crippen LogP contribution in [0.4, 0.5) is 0 Å². The van der Waals surface area contributed by atoms with Crippen molar-refractivity contribution < 1.29 is 4.74 Å². The number of nitrogens with zero attached hydrogens (tertiary/aromatic N) is 3. The van der Waals surface area contributed by atoms with Gasteiger partial charge in [0.1, 0.15) is 0 Å². The SMILES string of the molecule is Cc1nn(C)c(C)c1[C@@H]1OCC[C@H]1CNCc1cn[nH]c1C(C)(C)C. The fraction of sp³-hybridized carbons (Fsp3) is 0.684. The molecule has 2 aromatic rings. The summed E-state index contributed by atoms with van der Waals surface area (Å²) in [5, 5.41) is 15.6. The summed E-state index contributed by atoms with van der Waals surface area (Å²) in [6.07, 6.45) is 3.17. The Hall–Kier alpha value is -1.66. The zero-order valence-corrected chi connectivity index (χ0v) is 16.3. The van der Waals surface area contributed by atoms with Crippen molar-refractivity contribution in [3.8, 4) is 0 Å². The molecule has 2 N–H and O–H groups in total. The molecule has 1 fully saturated rings. The van der Waals surface area contributed by atoms with Crippen molar-refractivity contribution in [2.45, 2.75) is 59.1 Å². The van der Waals surface area contributed by atoms with Gasteiger partial charge in [0, 0.05) is 60.6 Å². The van der Waals surface area contributed by atoms with Crippen molar-refractivity contribution in [1.29, 1.82) is 0 Å². The molecular weight excluding hydrogens is 314 g/mol. The third-order valence-electron chi connectivity index (χ3n) is 5.25. The van der Waals surface area contributed by atoms with E-state index in [1.165, 1.54) is 22.5 Å². The maximum Gasteiger partial charge on any atom is 0.0901 e. The van der Waals surface area contributed by atoms with Gasteiger partial charge in [-0.25, -0.2) is 0 Å². The molecule has 6 nitrogen and oxygen atoms in total. The molecule has 3 heterocycles. The molecule has 1 saturated heterocycles. The van der Waals surface area contributed by atoms with Crippen molar-refractivity contribution in [1.82, 2.24) is 25.3 Å². The quantitative estimate of drug-likeness (QED) is 0.874. The summed E-state index contributed by atoms with van der Waals surface area (Å²) >= 11 is 0. The number of aryl methyl sites for hydroxylation is 2. The number of aromatic amines is 1. The molecule has 3 rings (SSSR count). The van der Waals surface area contributed by atoms with Gasteiger partial charge < -0.3 is 10.1 Å². The second-order valence-corrected chi connectivity index (χ2v) is 8.20. The van der Waals surface area contributed by atoms with E-state index in [-0.39, 0.29) is 11.5 Å². The predicted molar refractivity (Wildman–Crippen MR) is 98.5 cm³/mol. The summed E-state index contributed by atoms with van der Waals surface area (Å²) in [5.74, 6) is 0.478. The number of H-pyrrole nitrogens is 1. The van der Waals surface area contributed by atoms with Gasteiger partial charge in [0.25, 0.3) is 0 Å². The van der Waals surface area contributed by atoms with Crippen molar-refractivity contribution in [2.24, 2.45) is 13.0 Å². The molecule has 138 valence electrons. The Kier molecular flexibility index (Phi) is 5.02. The van der Waals surface area contributed by atoms with Crippen molar-refractivity contribution in [3.05, 3.63) is 34.4 Å². The van der Waals surface area contributed by atoms with E-state index in [1.807, 2.05) is 17.9 Å². The normalized spacial score (nSPS) is 21.2. The molecule has 25 heavy (non-hydrogen) atoms. The first kappa shape index (κ1) is 18.1. The van der Waals surface area contributed by atoms with Gasteiger partial charge in [-0.05, 0) is 20.3 Å². The minimum Gasteiger partial charge on any atom is -0.373 e. The lowest BCUT2D eigenvalue weighted by Gasteiger charge is -2.21. The lowest BCUT2D eigenvalue weighted by molar-refractivity contribution is 0.0893. The molecule has 0 spiro atoms. The zero-order chi connectivity index (χ0) is 18.2. The smallest absolute Gasteiger partial charge is 0.0901 e. The van der Waals surface area contributed by atoms with Crippen molar-refractivity contribution in [2.75, 3.05) is 13.2 Å². The molecule has 1 aliphatic rings. The maximum absolute atomic E-state index is 6.08. The zero-order valence-electron chi connectivity index (χ0n) is 16.3. The molecular formula is C19H31N5O. The number of rotatable bonds is 5. The van der Waals surface area contributed by atoms with Crippen LogP contribution in [-0.4, -0.2) is 33.1 Å². The van der Waals surface area contributed by atoms with Crippen LogP contribution >= 0.6 is 0 Å². The lowest BCUT2D eigenvalue weighted by atomic mass is 9.89. The van der Waals surface area contributed by atoms with E-state index in [0.717, 1.165) is 31.8 Å². The largest absolute Gasteiger partial charge is 0.373 e. The molecule has 2 aromatic heterocycles. The summed E-state index contributed by atoms with van der Waals surface area (Å²) in [5.41, 5.74) is 6.09. The van der Waals surface area contributed by atoms with E-state index in [0.29, 0.717) is 5.92 Å². The Labute approximate surface area is 150 Å². The third-order valence-corrected chi connectivity index (χ3v) is 5.25. The highest BCUT2D eigenvalue weighted by Gasteiger charge is 2.33. The van der Waals surface area contributed by atoms with Gasteiger partial charge in [-0.2, -0.15) is 10.2 Å². The molecule has 0 saturated carbocycles. The monoisotopic (exact) mass is 345 g/mol. The van der Waals surface area contributed by atoms with E-state index in [2.05, 4.69) is 55.2 Å². The van der Waals surface area contributed by atoms with E-state index >= 15 is 0 Å². The van der Waals surface area contributed by atoms with Crippen LogP contribution in [0.15, 0.2) is 6.20 Å². The highest BCUT2D eigenvalue weighted by Crippen LogP contribution is 2.37. The van der Waals surface area contributed by atoms with Gasteiger partial charge in [-0.15, -0.1) is 0 Å². The second kappa shape index (κ2) is 6.92. The van der Waals surface area contributed by atoms with Gasteiger partial charge in [0.05, 0.1) is 18.0 Å². The van der Waals surface area contributed by atoms with Crippen LogP contribution in [-0.2, 0) is 23.7 Å². The number of hydrogen-bond acceptors (Lipinski definition) is 4. The van der Waals surface area contributed by atoms with Crippen molar-refractivity contribution in [3.63, 3.8) is 0 Å². The molecule has 0 bridgehead atoms. The Bertz CT molecular complexity index is 725. The van der Waals surface area contributed by atoms with E-state index in [4.69, 9.17) is 4.74 Å². The van der Waals surface area contributed by atoms with Crippen LogP contribution in [0.5, 0.6) is 0 Å². The van der Waals surface area contributed by atoms with E-state index < -0.39 is 0 Å². The maximum atomic E-state index is 6.08. The highest BCUT2D eigenvalue weighted by molar-refractivity contribution is 5.28. The molecule has 0 radical (unpaired) electrons. The Balaban J connectivity index is 1.64. The molecule has 2 atom stereocenters. The number of aromatic nitrogens is 4. The van der Waals surface area contributed by atoms with Crippen LogP contribution in [0.25, 0.3) is 0 Å². The average Bonchev–Trinajstić information content (AvgIpc) is 3.21. The van der Waals surface area contributed by atoms with Crippen LogP contribution in [0, 0.1) is 19.8 Å². The second-order valence-electron chi connectivity index (χ2n) is 8.20. The van der Waals surface area contributed by atoms with E-state index in [9.17, 15) is 0 Å². The molecule has 0 unspecified atom stereocenters. The van der Waals surface area contributed by atoms with Crippen LogP contribution < -0.4 is 5.32 Å². The highest BCUT2D eigenvalue weighted by atomic mass is 16.5. The summed E-state index contributed by atoms with van der Waals surface area (Å²) in [6, 6.07) is 0. The third kappa shape index (κ3) is 3.65. The number of hydrogen-bond donors (Lipinski definition) is 2. The molecule has 0 aliphatic carbocycles. The van der Waals surface area contributed by atoms with E-state index in [1.54, 1.807) is 0 Å². The van der Waals surface area contributed by atoms with Crippen molar-refractivity contribution >= 4 is 0 Å². The molecule has 0 amide bonds. The Morgan fingerprint density at radius 3 is 2.76 bits per heavy atom. The number of nitrogens with one attached hydrogen (secondary N) is 2. The summed E-state index contributed by atoms with van der Waals surface area (Å²) in [6.45, 7) is 13.4. The lowest BCUT2D eigenvalue weighted by Crippen LogP contribution is -2.26. The van der Waals surface area contributed by atoms with Crippen LogP contribution in [0.3, 0.4) is 0 Å². The summed E-state index contributed by atoms with van der Waals surface area (Å²) < 4.78 is 8.04. The van der Waals surface area contributed by atoms with Crippen LogP contribution in [0.2, 0.25) is 0 Å². The summed E-state index contributed by atoms with van der Waals surface area (Å²) in [4.78, 5) is 0. The average molecular weight is 345 g/mol. The standard InChI is InChI=1S/C19H31N5O/c1-12-16(13(2)24(6)23-12)17-14(7-8-25-17)9-20-10-15-11-21-22-18(15)19(3,4)5/h11,14,17,20H,7-10H2,1-6H3,(H,21,22)/t14-,17+/m0/s1. The first-order valence-electron chi connectivity index (χ1n) is 9.14. The molecule has 1 aliphatic heterocycles. The minimum atomic E-state index is 0.0798. The van der Waals surface area contributed by atoms with Gasteiger partial charge in [-0.3, -0.25) is 9.78 Å². The predicted octanol–water partition coefficient (Wildman–Crippen LogP) is 2.92. The number of ether oxygens (including phenoxy) is 1. The van der Waals surface area contributed by atoms with Crippen LogP contribution in [0.1, 0.15) is 61.5 Å². The Morgan fingerprint density at radius 1 is 1.36 bits per heavy atom. The Morgan fingerprint density at radius 2 is 2.12 bits per heavy atom. The first-order valence-corrected chi connectivity index (χ1v) is 9.14. The van der Waals surface area contributed by atoms with Gasteiger partial charge in [0.15, 0.2) is 0 Å². The van der Waals surface area contributed by atoms with Gasteiger partial charge in [-0.1, -0.05) is 20.8 Å². The fourth-order valence-corrected chi connectivity index (χ4v) is 3.85. The first-order chi connectivity index (χ1) is 11.8. The topological polar surface area (TPSA) is 67.8 Å². The van der Waals surface area contributed by atoms with Gasteiger partial charge in [0.2, 0.25) is 0 Å². The van der Waals surface area contributed by atoms with Gasteiger partial charge >= 0.3 is 0 Å². The molecule has 6 heteroatoms.